The molecule has 0 atom stereocenters. The average molecular weight is 160 g/mol. The molecule has 0 heterocycles. The molecular formula is HCoLiP3. The fourth-order valence-electron chi connectivity index (χ4n) is 0. The molecule has 0 spiro atoms. The van der Waals surface area contributed by atoms with Gasteiger partial charge in [0.25, 0.3) is 0 Å². The number of rotatable bonds is 0. The van der Waals surface area contributed by atoms with E-state index in [9.17, 15) is 0 Å². The molecule has 0 nitrogen and oxygen atoms in total. The topological polar surface area (TPSA) is 0 Å². The second-order valence-electron chi connectivity index (χ2n) is 0.200. The third-order valence-electron chi connectivity index (χ3n) is 0. The van der Waals surface area contributed by atoms with Crippen LogP contribution in [-0.2, 0) is 10.3 Å². The van der Waals surface area contributed by atoms with Gasteiger partial charge < -0.3 is 0 Å². The number of hydrogen-bond donors (Lipinski definition) is 0. The first kappa shape index (κ1) is 10.4. The fraction of sp³-hybridized carbons (Fsp3) is 0. The molecule has 0 aliphatic heterocycles. The Hall–Kier alpha value is 2.39. The number of hydrogen-bond acceptors (Lipinski definition) is 0. The van der Waals surface area contributed by atoms with Crippen molar-refractivity contribution in [3.8, 4) is 0 Å². The first-order valence-electron chi connectivity index (χ1n) is 0.447. The van der Waals surface area contributed by atoms with Crippen LogP contribution in [0.4, 0.5) is 0 Å². The third-order valence-corrected chi connectivity index (χ3v) is 0. The van der Waals surface area contributed by atoms with Crippen LogP contribution >= 0.6 is 22.0 Å². The van der Waals surface area contributed by atoms with Crippen LogP contribution < -0.4 is 0 Å². The van der Waals surface area contributed by atoms with E-state index in [1.165, 1.54) is 0 Å². The van der Waals surface area contributed by atoms with Gasteiger partial charge in [-0.05, 0) is 0 Å². The Morgan fingerprint density at radius 3 is 1.00 bits per heavy atom. The van der Waals surface area contributed by atoms with Crippen LogP contribution in [0.3, 0.4) is 0 Å². The van der Waals surface area contributed by atoms with Crippen molar-refractivity contribution >= 4 is 40.8 Å². The van der Waals surface area contributed by atoms with Crippen LogP contribution in [0.1, 0.15) is 0 Å². The van der Waals surface area contributed by atoms with Crippen LogP contribution in [0.2, 0.25) is 0 Å². The second-order valence-corrected chi connectivity index (χ2v) is 7.42. The Kier molecular flexibility index (Phi) is 13.3. The maximum absolute atomic E-state index is 3.76. The van der Waals surface area contributed by atoms with Crippen LogP contribution in [0.5, 0.6) is 0 Å². The second kappa shape index (κ2) is 6.39. The Bertz CT molecular complexity index is 222. The zero-order valence-corrected chi connectivity index (χ0v) is 5.40. The predicted octanol–water partition coefficient (Wildman–Crippen LogP) is 1.93. The summed E-state index contributed by atoms with van der Waals surface area (Å²) < 4.78 is 0. The van der Waals surface area contributed by atoms with Crippen LogP contribution in [0, 0.1) is 0 Å². The van der Waals surface area contributed by atoms with Crippen LogP contribution in [0.25, 0.3) is 0 Å². The molecule has 0 amide bonds. The molecule has 0 rings (SSSR count). The molecule has 0 saturated heterocycles. The van der Waals surface area contributed by atoms with Gasteiger partial charge in [0.1, 0.15) is 0 Å². The summed E-state index contributed by atoms with van der Waals surface area (Å²) in [6.07, 6.45) is 0. The van der Waals surface area contributed by atoms with Crippen molar-refractivity contribution in [3.63, 3.8) is 0 Å². The van der Waals surface area contributed by atoms with Gasteiger partial charge in [0.2, 0.25) is 0 Å². The summed E-state index contributed by atoms with van der Waals surface area (Å²) in [5, 5.41) is 0. The van der Waals surface area contributed by atoms with Gasteiger partial charge in [-0.3, -0.25) is 0 Å². The van der Waals surface area contributed by atoms with E-state index in [0.717, 1.165) is 0 Å². The van der Waals surface area contributed by atoms with E-state index in [2.05, 4.69) is 22.0 Å². The molecule has 0 radical (unpaired) electrons. The van der Waals surface area contributed by atoms with Crippen molar-refractivity contribution < 1.29 is 10.3 Å². The van der Waals surface area contributed by atoms with Crippen molar-refractivity contribution in [1.82, 2.24) is 0 Å². The fourth-order valence-corrected chi connectivity index (χ4v) is 0. The molecule has 0 unspecified atom stereocenters. The first-order chi connectivity index (χ1) is 1.73. The summed E-state index contributed by atoms with van der Waals surface area (Å²) in [5.74, 6) is 0. The van der Waals surface area contributed by atoms with Gasteiger partial charge in [-0.1, -0.05) is 0 Å². The minimum atomic E-state index is -0.521. The Morgan fingerprint density at radius 1 is 1.00 bits per heavy atom. The van der Waals surface area contributed by atoms with E-state index in [1.54, 1.807) is 0 Å². The van der Waals surface area contributed by atoms with Crippen molar-refractivity contribution in [2.24, 2.45) is 0 Å². The quantitative estimate of drug-likeness (QED) is 0.375. The molecule has 0 bridgehead atoms. The Labute approximate surface area is 51.0 Å². The molecule has 5 heavy (non-hydrogen) atoms. The molecule has 0 saturated carbocycles. The van der Waals surface area contributed by atoms with Gasteiger partial charge in [-0.2, -0.15) is 0 Å². The molecule has 0 aliphatic carbocycles. The summed E-state index contributed by atoms with van der Waals surface area (Å²) in [7, 11) is 10.8. The molecule has 0 aromatic carbocycles. The first-order valence-corrected chi connectivity index (χ1v) is 5.53. The SMILES string of the molecule is [LiH].[P]#[Co](#[P])#[P]. The van der Waals surface area contributed by atoms with Crippen molar-refractivity contribution in [3.05, 3.63) is 0 Å². The Morgan fingerprint density at radius 2 is 1.00 bits per heavy atom. The molecular weight excluding hydrogens is 159 g/mol. The molecule has 0 aliphatic rings. The molecule has 5 heteroatoms. The molecule has 26 valence electrons. The predicted molar refractivity (Wildman–Crippen MR) is 27.9 cm³/mol. The van der Waals surface area contributed by atoms with Crippen molar-refractivity contribution in [2.75, 3.05) is 0 Å². The van der Waals surface area contributed by atoms with E-state index in [4.69, 9.17) is 0 Å². The van der Waals surface area contributed by atoms with Crippen LogP contribution in [-0.4, -0.2) is 18.9 Å². The zero-order valence-electron chi connectivity index (χ0n) is 1.67. The summed E-state index contributed by atoms with van der Waals surface area (Å²) in [6.45, 7) is 0. The van der Waals surface area contributed by atoms with Gasteiger partial charge in [-0.25, -0.2) is 0 Å². The van der Waals surface area contributed by atoms with Gasteiger partial charge in [-0.15, -0.1) is 0 Å². The van der Waals surface area contributed by atoms with Gasteiger partial charge in [0, 0.05) is 0 Å². The normalized spacial score (nSPS) is 4.20. The molecule has 0 N–H and O–H groups in total. The van der Waals surface area contributed by atoms with Crippen molar-refractivity contribution in [2.45, 2.75) is 0 Å². The summed E-state index contributed by atoms with van der Waals surface area (Å²) >= 11 is 0. The maximum atomic E-state index is 3.76. The van der Waals surface area contributed by atoms with E-state index >= 15 is 0 Å². The minimum absolute atomic E-state index is 0. The molecule has 0 aromatic heterocycles. The molecule has 0 fully saturated rings. The standard InChI is InChI=1S/Co.Li.3P.H. The summed E-state index contributed by atoms with van der Waals surface area (Å²) in [6, 6.07) is 0. The summed E-state index contributed by atoms with van der Waals surface area (Å²) in [5.41, 5.74) is 0. The third kappa shape index (κ3) is 21.5. The van der Waals surface area contributed by atoms with E-state index in [1.807, 2.05) is 0 Å². The van der Waals surface area contributed by atoms with E-state index in [-0.39, 0.29) is 18.9 Å². The van der Waals surface area contributed by atoms with Crippen molar-refractivity contribution in [1.29, 1.82) is 0 Å². The van der Waals surface area contributed by atoms with Gasteiger partial charge in [0.05, 0.1) is 0 Å². The van der Waals surface area contributed by atoms with E-state index < -0.39 is 10.3 Å². The molecule has 0 aromatic rings. The Balaban J connectivity index is 0. The van der Waals surface area contributed by atoms with Gasteiger partial charge in [0.15, 0.2) is 0 Å². The monoisotopic (exact) mass is 160 g/mol. The summed E-state index contributed by atoms with van der Waals surface area (Å²) in [4.78, 5) is 0. The zero-order chi connectivity index (χ0) is 3.58. The van der Waals surface area contributed by atoms with E-state index in [0.29, 0.717) is 0 Å². The average Bonchev–Trinajstić information content (AvgIpc) is 0.811. The van der Waals surface area contributed by atoms with Crippen LogP contribution in [0.15, 0.2) is 0 Å². The van der Waals surface area contributed by atoms with Gasteiger partial charge >= 0.3 is 51.1 Å².